The van der Waals surface area contributed by atoms with Gasteiger partial charge in [0.15, 0.2) is 18.2 Å². The lowest BCUT2D eigenvalue weighted by Gasteiger charge is -2.32. The van der Waals surface area contributed by atoms with Gasteiger partial charge < -0.3 is 14.4 Å². The molecule has 2 atom stereocenters. The van der Waals surface area contributed by atoms with Crippen molar-refractivity contribution in [2.75, 3.05) is 19.8 Å². The van der Waals surface area contributed by atoms with Crippen LogP contribution in [0.1, 0.15) is 56.4 Å². The third kappa shape index (κ3) is 4.36. The summed E-state index contributed by atoms with van der Waals surface area (Å²) in [6, 6.07) is 1.20. The molecular formula is C22H28F2N2O5S. The molecule has 1 N–H and O–H groups in total. The molecule has 0 aromatic heterocycles. The van der Waals surface area contributed by atoms with Crippen LogP contribution >= 0.6 is 0 Å². The quantitative estimate of drug-likeness (QED) is 0.734. The Morgan fingerprint density at radius 1 is 1.03 bits per heavy atom. The molecule has 2 bridgehead atoms. The summed E-state index contributed by atoms with van der Waals surface area (Å²) in [5, 5.41) is -0.346. The first kappa shape index (κ1) is 22.0. The minimum Gasteiger partial charge on any atom is -0.480 e. The summed E-state index contributed by atoms with van der Waals surface area (Å²) < 4.78 is 68.1. The van der Waals surface area contributed by atoms with Crippen molar-refractivity contribution >= 4 is 15.9 Å². The van der Waals surface area contributed by atoms with Crippen molar-refractivity contribution in [3.8, 4) is 5.75 Å². The van der Waals surface area contributed by atoms with Crippen LogP contribution in [0.3, 0.4) is 0 Å². The van der Waals surface area contributed by atoms with Crippen molar-refractivity contribution < 1.29 is 31.5 Å². The van der Waals surface area contributed by atoms with Crippen molar-refractivity contribution in [3.05, 3.63) is 29.3 Å². The fourth-order valence-electron chi connectivity index (χ4n) is 5.22. The van der Waals surface area contributed by atoms with Gasteiger partial charge in [-0.1, -0.05) is 0 Å². The van der Waals surface area contributed by atoms with Crippen LogP contribution in [0.5, 0.6) is 5.75 Å². The van der Waals surface area contributed by atoms with Crippen molar-refractivity contribution in [2.45, 2.75) is 74.3 Å². The van der Waals surface area contributed by atoms with Crippen molar-refractivity contribution in [2.24, 2.45) is 0 Å². The smallest absolute Gasteiger partial charge is 0.260 e. The Balaban J connectivity index is 1.41. The second kappa shape index (κ2) is 8.53. The Labute approximate surface area is 186 Å². The summed E-state index contributed by atoms with van der Waals surface area (Å²) in [4.78, 5) is 14.6. The van der Waals surface area contributed by atoms with E-state index in [9.17, 15) is 22.0 Å². The number of nitrogens with one attached hydrogen (secondary N) is 1. The van der Waals surface area contributed by atoms with E-state index in [1.165, 1.54) is 6.07 Å². The average Bonchev–Trinajstić information content (AvgIpc) is 3.54. The van der Waals surface area contributed by atoms with Gasteiger partial charge in [-0.3, -0.25) is 4.79 Å². The van der Waals surface area contributed by atoms with E-state index >= 15 is 0 Å². The molecule has 10 heteroatoms. The third-order valence-electron chi connectivity index (χ3n) is 7.14. The molecular weight excluding hydrogens is 442 g/mol. The van der Waals surface area contributed by atoms with E-state index in [0.717, 1.165) is 18.9 Å². The van der Waals surface area contributed by atoms with Gasteiger partial charge in [-0.05, 0) is 56.9 Å². The standard InChI is InChI=1S/C22H28F2N2O5S/c23-14-9-17-13-1-3-15(4-2-13)30-11-20-19(25-32(28,29)16-5-6-16)7-8-26(20)21(27)12-31-22(17)18(24)10-14/h9-10,13,15-16,19-20,25H,1-8,11-12H2/t13?,15?,19?,20-/m0/s1. The van der Waals surface area contributed by atoms with Crippen molar-refractivity contribution in [1.82, 2.24) is 9.62 Å². The Hall–Kier alpha value is -1.78. The minimum atomic E-state index is -3.42. The van der Waals surface area contributed by atoms with Crippen molar-refractivity contribution in [3.63, 3.8) is 0 Å². The average molecular weight is 471 g/mol. The summed E-state index contributed by atoms with van der Waals surface area (Å²) >= 11 is 0. The highest BCUT2D eigenvalue weighted by atomic mass is 32.2. The lowest BCUT2D eigenvalue weighted by molar-refractivity contribution is -0.136. The highest BCUT2D eigenvalue weighted by Gasteiger charge is 2.44. The Bertz CT molecular complexity index is 992. The maximum atomic E-state index is 14.6. The number of ether oxygens (including phenoxy) is 2. The molecule has 1 aromatic rings. The summed E-state index contributed by atoms with van der Waals surface area (Å²) in [6.45, 7) is 0.194. The molecule has 176 valence electrons. The number of carbonyl (C=O) groups excluding carboxylic acids is 1. The van der Waals surface area contributed by atoms with Gasteiger partial charge in [-0.25, -0.2) is 21.9 Å². The molecule has 2 aliphatic carbocycles. The number of amides is 1. The van der Waals surface area contributed by atoms with Crippen LogP contribution in [-0.2, 0) is 19.6 Å². The van der Waals surface area contributed by atoms with Crippen LogP contribution in [0, 0.1) is 11.6 Å². The van der Waals surface area contributed by atoms with Gasteiger partial charge in [0.1, 0.15) is 5.82 Å². The fraction of sp³-hybridized carbons (Fsp3) is 0.682. The second-order valence-corrected chi connectivity index (χ2v) is 11.3. The molecule has 1 aromatic carbocycles. The Kier molecular flexibility index (Phi) is 5.88. The summed E-state index contributed by atoms with van der Waals surface area (Å²) in [6.07, 6.45) is 4.61. The molecule has 0 spiro atoms. The molecule has 3 heterocycles. The predicted octanol–water partition coefficient (Wildman–Crippen LogP) is 2.45. The van der Waals surface area contributed by atoms with E-state index in [-0.39, 0.29) is 35.5 Å². The molecule has 5 aliphatic rings. The fourth-order valence-corrected chi connectivity index (χ4v) is 6.87. The largest absolute Gasteiger partial charge is 0.480 e. The maximum Gasteiger partial charge on any atom is 0.260 e. The third-order valence-corrected chi connectivity index (χ3v) is 9.12. The van der Waals surface area contributed by atoms with E-state index in [4.69, 9.17) is 9.47 Å². The van der Waals surface area contributed by atoms with Gasteiger partial charge in [-0.2, -0.15) is 0 Å². The predicted molar refractivity (Wildman–Crippen MR) is 112 cm³/mol. The second-order valence-electron chi connectivity index (χ2n) is 9.31. The highest BCUT2D eigenvalue weighted by molar-refractivity contribution is 7.90. The molecule has 3 aliphatic heterocycles. The zero-order chi connectivity index (χ0) is 22.5. The molecule has 3 fully saturated rings. The maximum absolute atomic E-state index is 14.6. The van der Waals surface area contributed by atoms with E-state index < -0.39 is 40.3 Å². The monoisotopic (exact) mass is 470 g/mol. The molecule has 0 radical (unpaired) electrons. The number of benzene rings is 1. The van der Waals surface area contributed by atoms with Crippen molar-refractivity contribution in [1.29, 1.82) is 0 Å². The normalized spacial score (nSPS) is 31.2. The number of sulfonamides is 1. The summed E-state index contributed by atoms with van der Waals surface area (Å²) in [7, 11) is -3.42. The first-order valence-corrected chi connectivity index (χ1v) is 12.9. The topological polar surface area (TPSA) is 84.9 Å². The van der Waals surface area contributed by atoms with Crippen LogP contribution in [-0.4, -0.2) is 62.4 Å². The van der Waals surface area contributed by atoms with Crippen LogP contribution in [0.15, 0.2) is 12.1 Å². The Morgan fingerprint density at radius 3 is 2.50 bits per heavy atom. The highest BCUT2D eigenvalue weighted by Crippen LogP contribution is 2.40. The molecule has 1 unspecified atom stereocenters. The molecule has 2 saturated carbocycles. The minimum absolute atomic E-state index is 0.0342. The van der Waals surface area contributed by atoms with E-state index in [1.807, 2.05) is 0 Å². The molecule has 32 heavy (non-hydrogen) atoms. The number of rotatable bonds is 3. The SMILES string of the molecule is O=C1COc2c(F)cc(F)cc2C2CCC(CC2)OC[C@H]2C(NS(=O)(=O)C3CC3)CCN12. The first-order chi connectivity index (χ1) is 15.3. The number of hydrogen-bond acceptors (Lipinski definition) is 5. The molecule has 7 nitrogen and oxygen atoms in total. The number of nitrogens with zero attached hydrogens (tertiary/aromatic N) is 1. The van der Waals surface area contributed by atoms with Crippen LogP contribution in [0.4, 0.5) is 8.78 Å². The number of carbonyl (C=O) groups is 1. The first-order valence-electron chi connectivity index (χ1n) is 11.4. The number of fused-ring (bicyclic) bond motifs is 5. The van der Waals surface area contributed by atoms with Gasteiger partial charge in [0.05, 0.1) is 24.0 Å². The molecule has 1 amide bonds. The summed E-state index contributed by atoms with van der Waals surface area (Å²) in [5.41, 5.74) is 0.459. The van der Waals surface area contributed by atoms with Gasteiger partial charge >= 0.3 is 0 Å². The lowest BCUT2D eigenvalue weighted by atomic mass is 9.82. The van der Waals surface area contributed by atoms with Gasteiger partial charge in [-0.15, -0.1) is 0 Å². The Morgan fingerprint density at radius 2 is 1.78 bits per heavy atom. The summed E-state index contributed by atoms with van der Waals surface area (Å²) in [5.74, 6) is -1.97. The van der Waals surface area contributed by atoms with Crippen LogP contribution in [0.25, 0.3) is 0 Å². The van der Waals surface area contributed by atoms with E-state index in [1.54, 1.807) is 4.90 Å². The van der Waals surface area contributed by atoms with E-state index in [2.05, 4.69) is 4.72 Å². The number of halogens is 2. The zero-order valence-corrected chi connectivity index (χ0v) is 18.6. The van der Waals surface area contributed by atoms with E-state index in [0.29, 0.717) is 44.2 Å². The van der Waals surface area contributed by atoms with Gasteiger partial charge in [0.25, 0.3) is 5.91 Å². The number of hydrogen-bond donors (Lipinski definition) is 1. The molecule has 1 saturated heterocycles. The van der Waals surface area contributed by atoms with Gasteiger partial charge in [0, 0.05) is 24.2 Å². The lowest BCUT2D eigenvalue weighted by Crippen LogP contribution is -2.51. The molecule has 6 rings (SSSR count). The van der Waals surface area contributed by atoms with Crippen LogP contribution < -0.4 is 9.46 Å². The zero-order valence-electron chi connectivity index (χ0n) is 17.8. The van der Waals surface area contributed by atoms with Crippen LogP contribution in [0.2, 0.25) is 0 Å². The van der Waals surface area contributed by atoms with Gasteiger partial charge in [0.2, 0.25) is 10.0 Å².